The second-order valence-electron chi connectivity index (χ2n) is 6.89. The Bertz CT molecular complexity index is 578. The molecule has 1 unspecified atom stereocenters. The molecule has 108 valence electrons. The second kappa shape index (κ2) is 5.97. The molecule has 0 bridgehead atoms. The summed E-state index contributed by atoms with van der Waals surface area (Å²) in [6.45, 7) is 12.3. The highest BCUT2D eigenvalue weighted by molar-refractivity contribution is 5.88. The Hall–Kier alpha value is -1.34. The van der Waals surface area contributed by atoms with Crippen molar-refractivity contribution >= 4 is 10.8 Å². The molecule has 0 aromatic heterocycles. The molecule has 0 amide bonds. The van der Waals surface area contributed by atoms with Crippen LogP contribution in [0.1, 0.15) is 51.3 Å². The van der Waals surface area contributed by atoms with Crippen LogP contribution in [0.4, 0.5) is 0 Å². The van der Waals surface area contributed by atoms with Gasteiger partial charge in [0.2, 0.25) is 0 Å². The first kappa shape index (κ1) is 15.1. The molecule has 1 nitrogen and oxygen atoms in total. The van der Waals surface area contributed by atoms with Gasteiger partial charge < -0.3 is 5.32 Å². The predicted molar refractivity (Wildman–Crippen MR) is 89.2 cm³/mol. The third-order valence-electron chi connectivity index (χ3n) is 3.82. The van der Waals surface area contributed by atoms with Crippen molar-refractivity contribution in [1.82, 2.24) is 5.32 Å². The van der Waals surface area contributed by atoms with Gasteiger partial charge in [-0.15, -0.1) is 0 Å². The van der Waals surface area contributed by atoms with Gasteiger partial charge in [0.25, 0.3) is 0 Å². The Morgan fingerprint density at radius 3 is 2.25 bits per heavy atom. The van der Waals surface area contributed by atoms with Crippen molar-refractivity contribution in [2.24, 2.45) is 5.41 Å². The van der Waals surface area contributed by atoms with E-state index < -0.39 is 0 Å². The molecule has 1 N–H and O–H groups in total. The highest BCUT2D eigenvalue weighted by Crippen LogP contribution is 2.34. The van der Waals surface area contributed by atoms with Gasteiger partial charge in [-0.1, -0.05) is 64.1 Å². The van der Waals surface area contributed by atoms with Crippen LogP contribution in [-0.2, 0) is 0 Å². The van der Waals surface area contributed by atoms with E-state index in [-0.39, 0.29) is 0 Å². The Morgan fingerprint density at radius 2 is 1.65 bits per heavy atom. The van der Waals surface area contributed by atoms with Crippen LogP contribution in [0, 0.1) is 12.3 Å². The highest BCUT2D eigenvalue weighted by Gasteiger charge is 2.21. The minimum Gasteiger partial charge on any atom is -0.310 e. The fourth-order valence-electron chi connectivity index (χ4n) is 2.93. The quantitative estimate of drug-likeness (QED) is 0.801. The van der Waals surface area contributed by atoms with Gasteiger partial charge in [0, 0.05) is 6.04 Å². The van der Waals surface area contributed by atoms with E-state index in [1.165, 1.54) is 21.9 Å². The molecule has 1 atom stereocenters. The first-order valence-electron chi connectivity index (χ1n) is 7.64. The molecular weight excluding hydrogens is 242 g/mol. The molecule has 2 aromatic rings. The number of rotatable bonds is 4. The summed E-state index contributed by atoms with van der Waals surface area (Å²) < 4.78 is 0. The van der Waals surface area contributed by atoms with Crippen molar-refractivity contribution < 1.29 is 0 Å². The number of hydrogen-bond acceptors (Lipinski definition) is 1. The van der Waals surface area contributed by atoms with Gasteiger partial charge in [0.15, 0.2) is 0 Å². The number of fused-ring (bicyclic) bond motifs is 1. The van der Waals surface area contributed by atoms with Gasteiger partial charge in [-0.3, -0.25) is 0 Å². The molecule has 1 heteroatoms. The van der Waals surface area contributed by atoms with Crippen molar-refractivity contribution in [1.29, 1.82) is 0 Å². The molecule has 2 aromatic carbocycles. The lowest BCUT2D eigenvalue weighted by atomic mass is 9.83. The van der Waals surface area contributed by atoms with Crippen LogP contribution in [0.15, 0.2) is 36.4 Å². The lowest BCUT2D eigenvalue weighted by molar-refractivity contribution is 0.315. The fraction of sp³-hybridized carbons (Fsp3) is 0.474. The van der Waals surface area contributed by atoms with Crippen molar-refractivity contribution in [3.8, 4) is 0 Å². The minimum atomic E-state index is 0.318. The zero-order chi connectivity index (χ0) is 14.8. The third-order valence-corrected chi connectivity index (χ3v) is 3.82. The molecule has 0 aliphatic rings. The third kappa shape index (κ3) is 3.40. The predicted octanol–water partition coefficient (Wildman–Crippen LogP) is 5.24. The molecule has 2 rings (SSSR count). The number of aryl methyl sites for hydroxylation is 1. The van der Waals surface area contributed by atoms with E-state index in [1.807, 2.05) is 0 Å². The van der Waals surface area contributed by atoms with Crippen molar-refractivity contribution in [2.75, 3.05) is 6.54 Å². The van der Waals surface area contributed by atoms with E-state index in [2.05, 4.69) is 76.3 Å². The zero-order valence-electron chi connectivity index (χ0n) is 13.5. The molecule has 0 saturated carbocycles. The highest BCUT2D eigenvalue weighted by atomic mass is 14.9. The second-order valence-corrected chi connectivity index (χ2v) is 6.89. The molecule has 0 spiro atoms. The first-order chi connectivity index (χ1) is 9.42. The average Bonchev–Trinajstić information content (AvgIpc) is 2.37. The van der Waals surface area contributed by atoms with Crippen LogP contribution in [0.5, 0.6) is 0 Å². The summed E-state index contributed by atoms with van der Waals surface area (Å²) in [6.07, 6.45) is 1.15. The first-order valence-corrected chi connectivity index (χ1v) is 7.64. The van der Waals surface area contributed by atoms with E-state index in [4.69, 9.17) is 0 Å². The topological polar surface area (TPSA) is 12.0 Å². The van der Waals surface area contributed by atoms with Crippen LogP contribution in [0.3, 0.4) is 0 Å². The lowest BCUT2D eigenvalue weighted by Gasteiger charge is -2.28. The van der Waals surface area contributed by atoms with E-state index >= 15 is 0 Å². The summed E-state index contributed by atoms with van der Waals surface area (Å²) in [5.74, 6) is 0. The summed E-state index contributed by atoms with van der Waals surface area (Å²) in [6, 6.07) is 13.7. The fourth-order valence-corrected chi connectivity index (χ4v) is 2.93. The van der Waals surface area contributed by atoms with Gasteiger partial charge >= 0.3 is 0 Å². The number of nitrogens with one attached hydrogen (secondary N) is 1. The molecule has 0 fully saturated rings. The van der Waals surface area contributed by atoms with E-state index in [0.29, 0.717) is 11.5 Å². The number of benzene rings is 2. The van der Waals surface area contributed by atoms with Gasteiger partial charge in [-0.2, -0.15) is 0 Å². The molecule has 0 aliphatic heterocycles. The largest absolute Gasteiger partial charge is 0.310 e. The molecule has 0 radical (unpaired) electrons. The normalized spacial score (nSPS) is 13.7. The maximum absolute atomic E-state index is 3.67. The molecule has 0 heterocycles. The monoisotopic (exact) mass is 269 g/mol. The molecule has 0 aliphatic carbocycles. The summed E-state index contributed by atoms with van der Waals surface area (Å²) in [7, 11) is 0. The summed E-state index contributed by atoms with van der Waals surface area (Å²) >= 11 is 0. The van der Waals surface area contributed by atoms with Gasteiger partial charge in [-0.05, 0) is 47.2 Å². The maximum Gasteiger partial charge on any atom is 0.0331 e. The van der Waals surface area contributed by atoms with Gasteiger partial charge in [0.05, 0.1) is 0 Å². The number of hydrogen-bond donors (Lipinski definition) is 1. The summed E-state index contributed by atoms with van der Waals surface area (Å²) in [5, 5.41) is 6.44. The van der Waals surface area contributed by atoms with E-state index in [1.54, 1.807) is 0 Å². The van der Waals surface area contributed by atoms with Gasteiger partial charge in [-0.25, -0.2) is 0 Å². The standard InChI is InChI=1S/C19H27N/c1-6-20-18(13-19(3,4)5)17-12-11-14(2)15-9-7-8-10-16(15)17/h7-12,18,20H,6,13H2,1-5H3. The summed E-state index contributed by atoms with van der Waals surface area (Å²) in [4.78, 5) is 0. The smallest absolute Gasteiger partial charge is 0.0331 e. The average molecular weight is 269 g/mol. The molecule has 20 heavy (non-hydrogen) atoms. The van der Waals surface area contributed by atoms with Crippen LogP contribution in [-0.4, -0.2) is 6.54 Å². The molecule has 0 saturated heterocycles. The maximum atomic E-state index is 3.67. The van der Waals surface area contributed by atoms with Crippen LogP contribution in [0.25, 0.3) is 10.8 Å². The zero-order valence-corrected chi connectivity index (χ0v) is 13.5. The van der Waals surface area contributed by atoms with Gasteiger partial charge in [0.1, 0.15) is 0 Å². The van der Waals surface area contributed by atoms with E-state index in [9.17, 15) is 0 Å². The molecular formula is C19H27N. The van der Waals surface area contributed by atoms with E-state index in [0.717, 1.165) is 13.0 Å². The van der Waals surface area contributed by atoms with Crippen molar-refractivity contribution in [3.63, 3.8) is 0 Å². The van der Waals surface area contributed by atoms with Crippen LogP contribution >= 0.6 is 0 Å². The SMILES string of the molecule is CCNC(CC(C)(C)C)c1ccc(C)c2ccccc12. The summed E-state index contributed by atoms with van der Waals surface area (Å²) in [5.41, 5.74) is 3.11. The Morgan fingerprint density at radius 1 is 1.00 bits per heavy atom. The van der Waals surface area contributed by atoms with Crippen molar-refractivity contribution in [3.05, 3.63) is 47.5 Å². The van der Waals surface area contributed by atoms with Crippen molar-refractivity contribution in [2.45, 2.75) is 47.1 Å². The lowest BCUT2D eigenvalue weighted by Crippen LogP contribution is -2.25. The Labute approximate surface area is 123 Å². The van der Waals surface area contributed by atoms with Crippen LogP contribution < -0.4 is 5.32 Å². The van der Waals surface area contributed by atoms with Crippen LogP contribution in [0.2, 0.25) is 0 Å². The Balaban J connectivity index is 2.51. The minimum absolute atomic E-state index is 0.318. The Kier molecular flexibility index (Phi) is 4.49.